The zero-order valence-corrected chi connectivity index (χ0v) is 12.5. The summed E-state index contributed by atoms with van der Waals surface area (Å²) in [5.74, 6) is -0.463. The van der Waals surface area contributed by atoms with Crippen molar-refractivity contribution >= 4 is 23.2 Å². The van der Waals surface area contributed by atoms with E-state index in [1.54, 1.807) is 0 Å². The van der Waals surface area contributed by atoms with Crippen molar-refractivity contribution in [3.63, 3.8) is 0 Å². The van der Waals surface area contributed by atoms with Gasteiger partial charge in [-0.25, -0.2) is 4.39 Å². The van der Waals surface area contributed by atoms with E-state index in [0.29, 0.717) is 5.75 Å². The molecule has 0 aliphatic rings. The maximum atomic E-state index is 13.0. The average Bonchev–Trinajstić information content (AvgIpc) is 2.44. The molecule has 0 atom stereocenters. The van der Waals surface area contributed by atoms with E-state index in [1.165, 1.54) is 18.2 Å². The monoisotopic (exact) mass is 307 g/mol. The number of anilines is 1. The predicted octanol–water partition coefficient (Wildman–Crippen LogP) is 4.11. The van der Waals surface area contributed by atoms with E-state index in [2.05, 4.69) is 5.32 Å². The molecule has 0 saturated heterocycles. The van der Waals surface area contributed by atoms with Gasteiger partial charge in [0.05, 0.1) is 5.02 Å². The largest absolute Gasteiger partial charge is 0.484 e. The summed E-state index contributed by atoms with van der Waals surface area (Å²) in [5, 5.41) is 2.76. The van der Waals surface area contributed by atoms with E-state index in [0.717, 1.165) is 16.8 Å². The number of carbonyl (C=O) groups excluding carboxylic acids is 1. The standard InChI is InChI=1S/C16H15ClFNO2/c1-10-4-3-5-11(2)16(10)19-15(20)9-21-12-6-7-14(18)13(17)8-12/h3-8H,9H2,1-2H3,(H,19,20). The number of carbonyl (C=O) groups is 1. The second kappa shape index (κ2) is 6.59. The van der Waals surface area contributed by atoms with E-state index in [-0.39, 0.29) is 17.5 Å². The minimum absolute atomic E-state index is 0.0392. The Balaban J connectivity index is 1.97. The quantitative estimate of drug-likeness (QED) is 0.923. The molecule has 21 heavy (non-hydrogen) atoms. The lowest BCUT2D eigenvalue weighted by molar-refractivity contribution is -0.118. The molecule has 0 radical (unpaired) electrons. The van der Waals surface area contributed by atoms with Crippen LogP contribution in [0.4, 0.5) is 10.1 Å². The van der Waals surface area contributed by atoms with Gasteiger partial charge in [-0.15, -0.1) is 0 Å². The smallest absolute Gasteiger partial charge is 0.262 e. The first kappa shape index (κ1) is 15.3. The van der Waals surface area contributed by atoms with E-state index >= 15 is 0 Å². The summed E-state index contributed by atoms with van der Waals surface area (Å²) in [6.45, 7) is 3.67. The van der Waals surface area contributed by atoms with Crippen LogP contribution in [0.1, 0.15) is 11.1 Å². The number of ether oxygens (including phenoxy) is 1. The topological polar surface area (TPSA) is 38.3 Å². The minimum atomic E-state index is -0.524. The van der Waals surface area contributed by atoms with Crippen LogP contribution in [0.2, 0.25) is 5.02 Å². The predicted molar refractivity (Wildman–Crippen MR) is 81.5 cm³/mol. The van der Waals surface area contributed by atoms with Gasteiger partial charge in [-0.3, -0.25) is 4.79 Å². The molecule has 0 aliphatic heterocycles. The third-order valence-corrected chi connectivity index (χ3v) is 3.30. The summed E-state index contributed by atoms with van der Waals surface area (Å²) in [6, 6.07) is 9.72. The lowest BCUT2D eigenvalue weighted by Crippen LogP contribution is -2.21. The van der Waals surface area contributed by atoms with Crippen LogP contribution in [0.25, 0.3) is 0 Å². The lowest BCUT2D eigenvalue weighted by Gasteiger charge is -2.12. The molecule has 1 amide bonds. The Kier molecular flexibility index (Phi) is 4.81. The Bertz CT molecular complexity index is 653. The number of hydrogen-bond acceptors (Lipinski definition) is 2. The lowest BCUT2D eigenvalue weighted by atomic mass is 10.1. The number of rotatable bonds is 4. The molecule has 2 aromatic carbocycles. The maximum Gasteiger partial charge on any atom is 0.262 e. The zero-order valence-electron chi connectivity index (χ0n) is 11.7. The number of hydrogen-bond donors (Lipinski definition) is 1. The highest BCUT2D eigenvalue weighted by atomic mass is 35.5. The molecule has 1 N–H and O–H groups in total. The highest BCUT2D eigenvalue weighted by Crippen LogP contribution is 2.22. The van der Waals surface area contributed by atoms with Crippen LogP contribution in [0.3, 0.4) is 0 Å². The zero-order chi connectivity index (χ0) is 15.4. The Morgan fingerprint density at radius 1 is 1.24 bits per heavy atom. The highest BCUT2D eigenvalue weighted by molar-refractivity contribution is 6.30. The number of aryl methyl sites for hydroxylation is 2. The van der Waals surface area contributed by atoms with Crippen molar-refractivity contribution in [3.05, 3.63) is 58.4 Å². The van der Waals surface area contributed by atoms with Crippen LogP contribution >= 0.6 is 11.6 Å². The first-order valence-electron chi connectivity index (χ1n) is 6.41. The Morgan fingerprint density at radius 2 is 1.90 bits per heavy atom. The van der Waals surface area contributed by atoms with Crippen LogP contribution in [-0.4, -0.2) is 12.5 Å². The summed E-state index contributed by atoms with van der Waals surface area (Å²) in [5.41, 5.74) is 2.74. The Hall–Kier alpha value is -2.07. The first-order chi connectivity index (χ1) is 9.97. The fraction of sp³-hybridized carbons (Fsp3) is 0.188. The van der Waals surface area contributed by atoms with E-state index in [1.807, 2.05) is 32.0 Å². The van der Waals surface area contributed by atoms with Gasteiger partial charge in [0.2, 0.25) is 0 Å². The summed E-state index contributed by atoms with van der Waals surface area (Å²) in [4.78, 5) is 11.9. The SMILES string of the molecule is Cc1cccc(C)c1NC(=O)COc1ccc(F)c(Cl)c1. The van der Waals surface area contributed by atoms with Gasteiger partial charge in [0.1, 0.15) is 11.6 Å². The molecule has 0 unspecified atom stereocenters. The molecule has 0 spiro atoms. The molecule has 110 valence electrons. The van der Waals surface area contributed by atoms with E-state index in [4.69, 9.17) is 16.3 Å². The second-order valence-corrected chi connectivity index (χ2v) is 5.09. The van der Waals surface area contributed by atoms with Gasteiger partial charge < -0.3 is 10.1 Å². The van der Waals surface area contributed by atoms with Crippen molar-refractivity contribution in [1.29, 1.82) is 0 Å². The van der Waals surface area contributed by atoms with Gasteiger partial charge in [0, 0.05) is 11.8 Å². The van der Waals surface area contributed by atoms with Crippen molar-refractivity contribution in [2.45, 2.75) is 13.8 Å². The van der Waals surface area contributed by atoms with Crippen molar-refractivity contribution in [2.75, 3.05) is 11.9 Å². The van der Waals surface area contributed by atoms with Gasteiger partial charge in [0.25, 0.3) is 5.91 Å². The van der Waals surface area contributed by atoms with Gasteiger partial charge >= 0.3 is 0 Å². The summed E-state index contributed by atoms with van der Waals surface area (Å²) >= 11 is 5.64. The molecule has 0 aliphatic carbocycles. The molecule has 0 saturated carbocycles. The molecule has 0 aromatic heterocycles. The summed E-state index contributed by atoms with van der Waals surface area (Å²) in [7, 11) is 0. The fourth-order valence-electron chi connectivity index (χ4n) is 1.90. The van der Waals surface area contributed by atoms with Crippen molar-refractivity contribution in [1.82, 2.24) is 0 Å². The van der Waals surface area contributed by atoms with Crippen LogP contribution in [0.15, 0.2) is 36.4 Å². The highest BCUT2D eigenvalue weighted by Gasteiger charge is 2.09. The Labute approximate surface area is 127 Å². The molecular weight excluding hydrogens is 293 g/mol. The Morgan fingerprint density at radius 3 is 2.52 bits per heavy atom. The maximum absolute atomic E-state index is 13.0. The molecule has 2 rings (SSSR count). The number of nitrogens with one attached hydrogen (secondary N) is 1. The molecule has 3 nitrogen and oxygen atoms in total. The summed E-state index contributed by atoms with van der Waals surface area (Å²) in [6.07, 6.45) is 0. The van der Waals surface area contributed by atoms with E-state index < -0.39 is 5.82 Å². The third kappa shape index (κ3) is 3.95. The number of benzene rings is 2. The number of halogens is 2. The molecule has 0 bridgehead atoms. The van der Waals surface area contributed by atoms with Gasteiger partial charge in [0.15, 0.2) is 6.61 Å². The minimum Gasteiger partial charge on any atom is -0.484 e. The molecular formula is C16H15ClFNO2. The van der Waals surface area contributed by atoms with Crippen LogP contribution in [0, 0.1) is 19.7 Å². The van der Waals surface area contributed by atoms with Gasteiger partial charge in [-0.2, -0.15) is 0 Å². The number of amides is 1. The molecule has 5 heteroatoms. The van der Waals surface area contributed by atoms with Crippen molar-refractivity contribution < 1.29 is 13.9 Å². The normalized spacial score (nSPS) is 10.3. The van der Waals surface area contributed by atoms with Crippen LogP contribution < -0.4 is 10.1 Å². The third-order valence-electron chi connectivity index (χ3n) is 3.01. The first-order valence-corrected chi connectivity index (χ1v) is 6.79. The summed E-state index contributed by atoms with van der Waals surface area (Å²) < 4.78 is 18.3. The van der Waals surface area contributed by atoms with E-state index in [9.17, 15) is 9.18 Å². The molecule has 2 aromatic rings. The molecule has 0 heterocycles. The number of para-hydroxylation sites is 1. The van der Waals surface area contributed by atoms with Crippen LogP contribution in [-0.2, 0) is 4.79 Å². The fourth-order valence-corrected chi connectivity index (χ4v) is 2.07. The van der Waals surface area contributed by atoms with Crippen LogP contribution in [0.5, 0.6) is 5.75 Å². The molecule has 0 fully saturated rings. The van der Waals surface area contributed by atoms with Gasteiger partial charge in [-0.1, -0.05) is 29.8 Å². The second-order valence-electron chi connectivity index (χ2n) is 4.68. The average molecular weight is 308 g/mol. The van der Waals surface area contributed by atoms with Crippen molar-refractivity contribution in [2.24, 2.45) is 0 Å². The van der Waals surface area contributed by atoms with Crippen molar-refractivity contribution in [3.8, 4) is 5.75 Å². The van der Waals surface area contributed by atoms with Gasteiger partial charge in [-0.05, 0) is 37.1 Å².